The highest BCUT2D eigenvalue weighted by molar-refractivity contribution is 8.01. The van der Waals surface area contributed by atoms with E-state index in [2.05, 4.69) is 5.32 Å². The van der Waals surface area contributed by atoms with Gasteiger partial charge in [0.2, 0.25) is 11.8 Å². The Morgan fingerprint density at radius 2 is 2.11 bits per heavy atom. The predicted octanol–water partition coefficient (Wildman–Crippen LogP) is 1.63. The van der Waals surface area contributed by atoms with Crippen LogP contribution >= 0.6 is 11.8 Å². The number of carbonyl (C=O) groups excluding carboxylic acids is 2. The molecule has 6 heteroatoms. The number of benzene rings is 1. The van der Waals surface area contributed by atoms with Crippen molar-refractivity contribution in [3.63, 3.8) is 0 Å². The molecule has 0 aliphatic carbocycles. The van der Waals surface area contributed by atoms with Crippen LogP contribution in [0.4, 0.5) is 5.69 Å². The van der Waals surface area contributed by atoms with Crippen LogP contribution in [0.3, 0.4) is 0 Å². The van der Waals surface area contributed by atoms with Crippen LogP contribution in [0.1, 0.15) is 13.3 Å². The Hall–Kier alpha value is -1.69. The zero-order valence-corrected chi connectivity index (χ0v) is 11.8. The summed E-state index contributed by atoms with van der Waals surface area (Å²) in [7, 11) is 1.54. The molecule has 1 rings (SSSR count). The maximum absolute atomic E-state index is 11.8. The largest absolute Gasteiger partial charge is 0.495 e. The number of hydrogen-bond acceptors (Lipinski definition) is 4. The third-order valence-electron chi connectivity index (χ3n) is 2.48. The van der Waals surface area contributed by atoms with Crippen LogP contribution in [0, 0.1) is 0 Å². The molecule has 0 fully saturated rings. The summed E-state index contributed by atoms with van der Waals surface area (Å²) in [5, 5.41) is 2.41. The third kappa shape index (κ3) is 4.82. The van der Waals surface area contributed by atoms with Gasteiger partial charge in [0.1, 0.15) is 5.75 Å². The summed E-state index contributed by atoms with van der Waals surface area (Å²) in [6, 6.07) is 7.15. The van der Waals surface area contributed by atoms with E-state index in [-0.39, 0.29) is 16.9 Å². The monoisotopic (exact) mass is 282 g/mol. The number of carbonyl (C=O) groups is 2. The number of nitrogens with two attached hydrogens (primary N) is 1. The molecule has 0 aromatic heterocycles. The molecule has 1 unspecified atom stereocenters. The number of hydrogen-bond donors (Lipinski definition) is 2. The number of anilines is 1. The number of nitrogens with one attached hydrogen (secondary N) is 1. The van der Waals surface area contributed by atoms with Gasteiger partial charge in [-0.2, -0.15) is 0 Å². The Bertz CT molecular complexity index is 451. The topological polar surface area (TPSA) is 81.4 Å². The van der Waals surface area contributed by atoms with Crippen LogP contribution in [0.5, 0.6) is 5.75 Å². The van der Waals surface area contributed by atoms with E-state index in [1.165, 1.54) is 11.8 Å². The van der Waals surface area contributed by atoms with Crippen molar-refractivity contribution in [2.24, 2.45) is 5.73 Å². The van der Waals surface area contributed by atoms with Crippen molar-refractivity contribution in [2.45, 2.75) is 18.6 Å². The van der Waals surface area contributed by atoms with Crippen LogP contribution in [0.25, 0.3) is 0 Å². The number of thioether (sulfide) groups is 1. The fourth-order valence-corrected chi connectivity index (χ4v) is 2.34. The van der Waals surface area contributed by atoms with E-state index < -0.39 is 5.91 Å². The molecule has 0 aliphatic heterocycles. The van der Waals surface area contributed by atoms with Gasteiger partial charge in [0.05, 0.1) is 23.8 Å². The summed E-state index contributed by atoms with van der Waals surface area (Å²) in [4.78, 5) is 22.8. The Labute approximate surface area is 116 Å². The molecule has 0 radical (unpaired) electrons. The average Bonchev–Trinajstić information content (AvgIpc) is 2.39. The number of amides is 2. The van der Waals surface area contributed by atoms with Crippen LogP contribution in [0.2, 0.25) is 0 Å². The minimum absolute atomic E-state index is 0.180. The first-order valence-corrected chi connectivity index (χ1v) is 6.97. The first kappa shape index (κ1) is 15.4. The lowest BCUT2D eigenvalue weighted by Gasteiger charge is -2.12. The average molecular weight is 282 g/mol. The Kier molecular flexibility index (Phi) is 6.21. The second kappa shape index (κ2) is 7.68. The van der Waals surface area contributed by atoms with Gasteiger partial charge in [0.25, 0.3) is 0 Å². The van der Waals surface area contributed by atoms with E-state index in [9.17, 15) is 9.59 Å². The van der Waals surface area contributed by atoms with Gasteiger partial charge >= 0.3 is 0 Å². The molecule has 104 valence electrons. The van der Waals surface area contributed by atoms with Crippen molar-refractivity contribution in [3.05, 3.63) is 24.3 Å². The first-order chi connectivity index (χ1) is 9.08. The number of primary amides is 1. The molecule has 0 aliphatic rings. The van der Waals surface area contributed by atoms with E-state index in [0.29, 0.717) is 17.9 Å². The molecular weight excluding hydrogens is 264 g/mol. The first-order valence-electron chi connectivity index (χ1n) is 5.92. The summed E-state index contributed by atoms with van der Waals surface area (Å²) < 4.78 is 5.14. The van der Waals surface area contributed by atoms with Gasteiger partial charge in [-0.1, -0.05) is 19.1 Å². The van der Waals surface area contributed by atoms with E-state index in [1.54, 1.807) is 19.2 Å². The molecule has 5 nitrogen and oxygen atoms in total. The summed E-state index contributed by atoms with van der Waals surface area (Å²) in [5.74, 6) is 0.203. The molecule has 0 bridgehead atoms. The zero-order valence-electron chi connectivity index (χ0n) is 11.0. The summed E-state index contributed by atoms with van der Waals surface area (Å²) >= 11 is 1.24. The minimum Gasteiger partial charge on any atom is -0.495 e. The zero-order chi connectivity index (χ0) is 14.3. The van der Waals surface area contributed by atoms with E-state index in [1.807, 2.05) is 19.1 Å². The lowest BCUT2D eigenvalue weighted by molar-refractivity contribution is -0.117. The summed E-state index contributed by atoms with van der Waals surface area (Å²) in [6.07, 6.45) is 0.613. The smallest absolute Gasteiger partial charge is 0.234 e. The van der Waals surface area contributed by atoms with Crippen LogP contribution in [-0.4, -0.2) is 29.9 Å². The van der Waals surface area contributed by atoms with E-state index in [4.69, 9.17) is 10.5 Å². The highest BCUT2D eigenvalue weighted by Gasteiger charge is 2.15. The second-order valence-electron chi connectivity index (χ2n) is 3.86. The highest BCUT2D eigenvalue weighted by Crippen LogP contribution is 2.23. The fourth-order valence-electron chi connectivity index (χ4n) is 1.51. The third-order valence-corrected chi connectivity index (χ3v) is 3.88. The second-order valence-corrected chi connectivity index (χ2v) is 5.05. The molecule has 2 amide bonds. The quantitative estimate of drug-likeness (QED) is 0.796. The molecule has 1 atom stereocenters. The van der Waals surface area contributed by atoms with Crippen molar-refractivity contribution in [3.8, 4) is 5.75 Å². The van der Waals surface area contributed by atoms with Gasteiger partial charge in [-0.25, -0.2) is 0 Å². The van der Waals surface area contributed by atoms with Gasteiger partial charge < -0.3 is 15.8 Å². The van der Waals surface area contributed by atoms with Crippen molar-refractivity contribution in [2.75, 3.05) is 18.2 Å². The lowest BCUT2D eigenvalue weighted by atomic mass is 10.3. The van der Waals surface area contributed by atoms with Crippen molar-refractivity contribution < 1.29 is 14.3 Å². The summed E-state index contributed by atoms with van der Waals surface area (Å²) in [5.41, 5.74) is 5.83. The molecule has 3 N–H and O–H groups in total. The number of methoxy groups -OCH3 is 1. The van der Waals surface area contributed by atoms with Gasteiger partial charge in [0, 0.05) is 0 Å². The van der Waals surface area contributed by atoms with Crippen molar-refractivity contribution >= 4 is 29.3 Å². The highest BCUT2D eigenvalue weighted by atomic mass is 32.2. The molecular formula is C13H18N2O3S. The van der Waals surface area contributed by atoms with Gasteiger partial charge in [-0.15, -0.1) is 11.8 Å². The normalized spacial score (nSPS) is 11.7. The molecule has 1 aromatic rings. The Balaban J connectivity index is 2.53. The van der Waals surface area contributed by atoms with Gasteiger partial charge in [0.15, 0.2) is 0 Å². The van der Waals surface area contributed by atoms with E-state index >= 15 is 0 Å². The number of ether oxygens (including phenoxy) is 1. The van der Waals surface area contributed by atoms with Crippen LogP contribution in [0.15, 0.2) is 24.3 Å². The fraction of sp³-hybridized carbons (Fsp3) is 0.385. The molecule has 19 heavy (non-hydrogen) atoms. The Morgan fingerprint density at radius 1 is 1.42 bits per heavy atom. The van der Waals surface area contributed by atoms with E-state index in [0.717, 1.165) is 0 Å². The van der Waals surface area contributed by atoms with Crippen molar-refractivity contribution in [1.82, 2.24) is 0 Å². The predicted molar refractivity (Wildman–Crippen MR) is 77.4 cm³/mol. The Morgan fingerprint density at radius 3 is 2.68 bits per heavy atom. The van der Waals surface area contributed by atoms with Gasteiger partial charge in [-0.3, -0.25) is 9.59 Å². The summed E-state index contributed by atoms with van der Waals surface area (Å²) in [6.45, 7) is 1.86. The standard InChI is InChI=1S/C13H18N2O3S/c1-3-11(13(14)17)19-8-12(16)15-9-6-4-5-7-10(9)18-2/h4-7,11H,3,8H2,1-2H3,(H2,14,17)(H,15,16). The van der Waals surface area contributed by atoms with Crippen LogP contribution < -0.4 is 15.8 Å². The number of para-hydroxylation sites is 2. The van der Waals surface area contributed by atoms with Crippen molar-refractivity contribution in [1.29, 1.82) is 0 Å². The molecule has 1 aromatic carbocycles. The molecule has 0 saturated carbocycles. The lowest BCUT2D eigenvalue weighted by Crippen LogP contribution is -2.27. The van der Waals surface area contributed by atoms with Crippen LogP contribution in [-0.2, 0) is 9.59 Å². The molecule has 0 saturated heterocycles. The maximum atomic E-state index is 11.8. The number of rotatable bonds is 7. The SMILES string of the molecule is CCC(SCC(=O)Nc1ccccc1OC)C(N)=O. The molecule has 0 spiro atoms. The maximum Gasteiger partial charge on any atom is 0.234 e. The molecule has 0 heterocycles. The minimum atomic E-state index is -0.391. The van der Waals surface area contributed by atoms with Gasteiger partial charge in [-0.05, 0) is 18.6 Å².